The summed E-state index contributed by atoms with van der Waals surface area (Å²) in [5.74, 6) is 0.790. The highest BCUT2D eigenvalue weighted by Gasteiger charge is 2.22. The molecule has 1 aromatic carbocycles. The summed E-state index contributed by atoms with van der Waals surface area (Å²) in [5, 5.41) is 3.68. The third kappa shape index (κ3) is 4.63. The molecule has 1 fully saturated rings. The maximum absolute atomic E-state index is 5.48. The number of nitrogens with one attached hydrogen (secondary N) is 1. The zero-order valence-electron chi connectivity index (χ0n) is 12.3. The molecule has 0 amide bonds. The molecule has 2 nitrogen and oxygen atoms in total. The van der Waals surface area contributed by atoms with Crippen molar-refractivity contribution in [2.45, 2.75) is 45.6 Å². The minimum atomic E-state index is 0.648. The third-order valence-corrected chi connectivity index (χ3v) is 4.13. The van der Waals surface area contributed by atoms with E-state index in [1.807, 2.05) is 0 Å². The van der Waals surface area contributed by atoms with Crippen LogP contribution in [0.3, 0.4) is 0 Å². The quantitative estimate of drug-likeness (QED) is 0.848. The summed E-state index contributed by atoms with van der Waals surface area (Å²) in [6.07, 6.45) is 4.84. The number of ether oxygens (including phenoxy) is 1. The molecule has 0 aliphatic carbocycles. The van der Waals surface area contributed by atoms with Crippen LogP contribution in [-0.4, -0.2) is 25.8 Å². The molecular formula is C17H27NO. The van der Waals surface area contributed by atoms with Gasteiger partial charge in [-0.2, -0.15) is 0 Å². The number of hydrogen-bond acceptors (Lipinski definition) is 2. The third-order valence-electron chi connectivity index (χ3n) is 4.13. The molecule has 0 bridgehead atoms. The van der Waals surface area contributed by atoms with Gasteiger partial charge in [-0.15, -0.1) is 0 Å². The van der Waals surface area contributed by atoms with E-state index in [0.29, 0.717) is 6.04 Å². The Hall–Kier alpha value is -0.860. The Morgan fingerprint density at radius 3 is 2.79 bits per heavy atom. The lowest BCUT2D eigenvalue weighted by molar-refractivity contribution is 0.0528. The minimum absolute atomic E-state index is 0.648. The van der Waals surface area contributed by atoms with Gasteiger partial charge in [-0.3, -0.25) is 0 Å². The van der Waals surface area contributed by atoms with Crippen molar-refractivity contribution in [2.75, 3.05) is 19.8 Å². The van der Waals surface area contributed by atoms with Gasteiger partial charge in [0.05, 0.1) is 0 Å². The Kier molecular flexibility index (Phi) is 5.87. The normalized spacial score (nSPS) is 18.4. The van der Waals surface area contributed by atoms with Crippen LogP contribution in [0.2, 0.25) is 0 Å². The molecule has 0 spiro atoms. The van der Waals surface area contributed by atoms with E-state index in [1.165, 1.54) is 36.8 Å². The maximum atomic E-state index is 5.48. The standard InChI is InChI=1S/C17H27NO/c1-3-18-17(16-9-11-19-12-10-16)8-7-15-6-4-5-14(2)13-15/h4-6,13,16-18H,3,7-12H2,1-2H3. The fourth-order valence-corrected chi connectivity index (χ4v) is 3.07. The zero-order chi connectivity index (χ0) is 13.5. The molecule has 1 atom stereocenters. The Morgan fingerprint density at radius 1 is 1.32 bits per heavy atom. The number of hydrogen-bond donors (Lipinski definition) is 1. The van der Waals surface area contributed by atoms with E-state index < -0.39 is 0 Å². The summed E-state index contributed by atoms with van der Waals surface area (Å²) in [4.78, 5) is 0. The van der Waals surface area contributed by atoms with E-state index in [2.05, 4.69) is 43.4 Å². The summed E-state index contributed by atoms with van der Waals surface area (Å²) in [6, 6.07) is 9.55. The molecular weight excluding hydrogens is 234 g/mol. The number of rotatable bonds is 6. The second kappa shape index (κ2) is 7.66. The first-order chi connectivity index (χ1) is 9.29. The topological polar surface area (TPSA) is 21.3 Å². The van der Waals surface area contributed by atoms with Gasteiger partial charge in [0.2, 0.25) is 0 Å². The largest absolute Gasteiger partial charge is 0.381 e. The zero-order valence-corrected chi connectivity index (χ0v) is 12.3. The fraction of sp³-hybridized carbons (Fsp3) is 0.647. The van der Waals surface area contributed by atoms with Crippen molar-refractivity contribution in [3.05, 3.63) is 35.4 Å². The second-order valence-corrected chi connectivity index (χ2v) is 5.64. The molecule has 106 valence electrons. The van der Waals surface area contributed by atoms with Crippen molar-refractivity contribution < 1.29 is 4.74 Å². The van der Waals surface area contributed by atoms with Crippen molar-refractivity contribution >= 4 is 0 Å². The van der Waals surface area contributed by atoms with E-state index in [0.717, 1.165) is 25.7 Å². The van der Waals surface area contributed by atoms with Crippen molar-refractivity contribution in [1.82, 2.24) is 5.32 Å². The van der Waals surface area contributed by atoms with Crippen LogP contribution < -0.4 is 5.32 Å². The van der Waals surface area contributed by atoms with Crippen LogP contribution in [0.25, 0.3) is 0 Å². The first-order valence-electron chi connectivity index (χ1n) is 7.66. The second-order valence-electron chi connectivity index (χ2n) is 5.64. The van der Waals surface area contributed by atoms with Crippen molar-refractivity contribution in [3.8, 4) is 0 Å². The average Bonchev–Trinajstić information content (AvgIpc) is 2.44. The molecule has 0 aromatic heterocycles. The Morgan fingerprint density at radius 2 is 2.11 bits per heavy atom. The maximum Gasteiger partial charge on any atom is 0.0469 e. The van der Waals surface area contributed by atoms with Gasteiger partial charge in [0.25, 0.3) is 0 Å². The first-order valence-corrected chi connectivity index (χ1v) is 7.66. The van der Waals surface area contributed by atoms with E-state index in [-0.39, 0.29) is 0 Å². The molecule has 1 N–H and O–H groups in total. The summed E-state index contributed by atoms with van der Waals surface area (Å²) in [7, 11) is 0. The molecule has 19 heavy (non-hydrogen) atoms. The highest BCUT2D eigenvalue weighted by atomic mass is 16.5. The first kappa shape index (κ1) is 14.5. The molecule has 1 heterocycles. The van der Waals surface area contributed by atoms with Crippen LogP contribution in [0.5, 0.6) is 0 Å². The minimum Gasteiger partial charge on any atom is -0.381 e. The van der Waals surface area contributed by atoms with Gasteiger partial charge in [0.1, 0.15) is 0 Å². The Labute approximate surface area is 117 Å². The van der Waals surface area contributed by atoms with Gasteiger partial charge in [0.15, 0.2) is 0 Å². The smallest absolute Gasteiger partial charge is 0.0469 e. The molecule has 2 heteroatoms. The highest BCUT2D eigenvalue weighted by molar-refractivity contribution is 5.22. The van der Waals surface area contributed by atoms with Gasteiger partial charge in [-0.1, -0.05) is 36.8 Å². The lowest BCUT2D eigenvalue weighted by Gasteiger charge is -2.31. The van der Waals surface area contributed by atoms with Gasteiger partial charge >= 0.3 is 0 Å². The molecule has 0 radical (unpaired) electrons. The Bertz CT molecular complexity index is 371. The van der Waals surface area contributed by atoms with Crippen LogP contribution in [0, 0.1) is 12.8 Å². The van der Waals surface area contributed by atoms with Gasteiger partial charge in [-0.25, -0.2) is 0 Å². The monoisotopic (exact) mass is 261 g/mol. The summed E-state index contributed by atoms with van der Waals surface area (Å²) < 4.78 is 5.48. The number of aryl methyl sites for hydroxylation is 2. The van der Waals surface area contributed by atoms with Crippen LogP contribution in [0.4, 0.5) is 0 Å². The van der Waals surface area contributed by atoms with E-state index in [1.54, 1.807) is 0 Å². The average molecular weight is 261 g/mol. The lowest BCUT2D eigenvalue weighted by atomic mass is 9.88. The fourth-order valence-electron chi connectivity index (χ4n) is 3.07. The van der Waals surface area contributed by atoms with Crippen LogP contribution in [0.1, 0.15) is 37.3 Å². The molecule has 2 rings (SSSR count). The van der Waals surface area contributed by atoms with Crippen LogP contribution in [0.15, 0.2) is 24.3 Å². The molecule has 1 unspecified atom stereocenters. The highest BCUT2D eigenvalue weighted by Crippen LogP contribution is 2.22. The molecule has 1 aliphatic heterocycles. The van der Waals surface area contributed by atoms with Crippen molar-refractivity contribution in [2.24, 2.45) is 5.92 Å². The predicted octanol–water partition coefficient (Wildman–Crippen LogP) is 3.33. The molecule has 1 saturated heterocycles. The van der Waals surface area contributed by atoms with E-state index >= 15 is 0 Å². The van der Waals surface area contributed by atoms with Gasteiger partial charge < -0.3 is 10.1 Å². The predicted molar refractivity (Wildman–Crippen MR) is 80.5 cm³/mol. The van der Waals surface area contributed by atoms with E-state index in [9.17, 15) is 0 Å². The van der Waals surface area contributed by atoms with Crippen LogP contribution >= 0.6 is 0 Å². The SMILES string of the molecule is CCNC(CCc1cccc(C)c1)C1CCOCC1. The van der Waals surface area contributed by atoms with E-state index in [4.69, 9.17) is 4.74 Å². The number of benzene rings is 1. The molecule has 1 aromatic rings. The van der Waals surface area contributed by atoms with Gasteiger partial charge in [0, 0.05) is 19.3 Å². The van der Waals surface area contributed by atoms with Gasteiger partial charge in [-0.05, 0) is 50.6 Å². The summed E-state index contributed by atoms with van der Waals surface area (Å²) >= 11 is 0. The van der Waals surface area contributed by atoms with Crippen molar-refractivity contribution in [1.29, 1.82) is 0 Å². The molecule has 0 saturated carbocycles. The van der Waals surface area contributed by atoms with Crippen LogP contribution in [-0.2, 0) is 11.2 Å². The summed E-state index contributed by atoms with van der Waals surface area (Å²) in [5.41, 5.74) is 2.83. The molecule has 1 aliphatic rings. The lowest BCUT2D eigenvalue weighted by Crippen LogP contribution is -2.39. The summed E-state index contributed by atoms with van der Waals surface area (Å²) in [6.45, 7) is 7.33. The van der Waals surface area contributed by atoms with Crippen molar-refractivity contribution in [3.63, 3.8) is 0 Å². The Balaban J connectivity index is 1.89.